The zero-order valence-electron chi connectivity index (χ0n) is 11.0. The molecule has 0 spiro atoms. The Bertz CT molecular complexity index is 436. The second kappa shape index (κ2) is 8.33. The molecular weight excluding hydrogens is 289 g/mol. The summed E-state index contributed by atoms with van der Waals surface area (Å²) in [7, 11) is -4.41. The van der Waals surface area contributed by atoms with Crippen LogP contribution in [0.2, 0.25) is 0 Å². The highest BCUT2D eigenvalue weighted by Crippen LogP contribution is 2.38. The van der Waals surface area contributed by atoms with Crippen LogP contribution in [0.25, 0.3) is 0 Å². The molecule has 0 saturated heterocycles. The van der Waals surface area contributed by atoms with Gasteiger partial charge in [-0.05, 0) is 18.6 Å². The molecule has 20 heavy (non-hydrogen) atoms. The Morgan fingerprint density at radius 1 is 1.15 bits per heavy atom. The summed E-state index contributed by atoms with van der Waals surface area (Å²) in [6.45, 7) is 0.505. The standard InChI is InChI=1S/C7H9O4P.C4H11NO3/c1-6-4-2-3-5-7(6)11-12(8,9)10;5-4(1-6,2-7)3-8/h2-5H,1H3,(H2,8,9,10);6-8H,1-3,5H2. The monoisotopic (exact) mass is 309 g/mol. The number of hydrogen-bond donors (Lipinski definition) is 6. The van der Waals surface area contributed by atoms with Crippen LogP contribution in [-0.2, 0) is 4.57 Å². The second-order valence-corrected chi connectivity index (χ2v) is 5.35. The van der Waals surface area contributed by atoms with Crippen LogP contribution in [0, 0.1) is 6.92 Å². The van der Waals surface area contributed by atoms with E-state index in [1.165, 1.54) is 6.07 Å². The summed E-state index contributed by atoms with van der Waals surface area (Å²) in [5.74, 6) is 0.214. The molecule has 0 bridgehead atoms. The van der Waals surface area contributed by atoms with Crippen molar-refractivity contribution in [3.63, 3.8) is 0 Å². The number of benzene rings is 1. The van der Waals surface area contributed by atoms with Gasteiger partial charge in [-0.15, -0.1) is 0 Å². The van der Waals surface area contributed by atoms with E-state index in [1.807, 2.05) is 0 Å². The lowest BCUT2D eigenvalue weighted by atomic mass is 10.1. The number of aryl methyl sites for hydroxylation is 1. The first-order valence-electron chi connectivity index (χ1n) is 5.59. The number of nitrogens with two attached hydrogens (primary N) is 1. The summed E-state index contributed by atoms with van der Waals surface area (Å²) in [5, 5.41) is 25.0. The van der Waals surface area contributed by atoms with Gasteiger partial charge in [0, 0.05) is 0 Å². The highest BCUT2D eigenvalue weighted by molar-refractivity contribution is 7.46. The molecule has 9 heteroatoms. The predicted octanol–water partition coefficient (Wildman–Crippen LogP) is -0.873. The first kappa shape index (κ1) is 19.0. The fourth-order valence-electron chi connectivity index (χ4n) is 0.937. The third-order valence-corrected chi connectivity index (χ3v) is 2.69. The van der Waals surface area contributed by atoms with Gasteiger partial charge in [-0.1, -0.05) is 18.2 Å². The van der Waals surface area contributed by atoms with Gasteiger partial charge >= 0.3 is 7.82 Å². The topological polar surface area (TPSA) is 153 Å². The van der Waals surface area contributed by atoms with E-state index in [1.54, 1.807) is 25.1 Å². The number of para-hydroxylation sites is 1. The zero-order valence-corrected chi connectivity index (χ0v) is 11.9. The van der Waals surface area contributed by atoms with Crippen LogP contribution in [0.1, 0.15) is 5.56 Å². The lowest BCUT2D eigenvalue weighted by Gasteiger charge is -2.20. The Morgan fingerprint density at radius 2 is 1.60 bits per heavy atom. The smallest absolute Gasteiger partial charge is 0.404 e. The third-order valence-electron chi connectivity index (χ3n) is 2.26. The molecule has 1 aromatic rings. The average Bonchev–Trinajstić information content (AvgIpc) is 2.40. The fourth-order valence-corrected chi connectivity index (χ4v) is 1.40. The van der Waals surface area contributed by atoms with Crippen molar-refractivity contribution in [2.45, 2.75) is 12.5 Å². The van der Waals surface area contributed by atoms with Crippen LogP contribution in [0.4, 0.5) is 0 Å². The minimum atomic E-state index is -4.41. The van der Waals surface area contributed by atoms with E-state index < -0.39 is 33.2 Å². The van der Waals surface area contributed by atoms with Crippen LogP contribution in [-0.4, -0.2) is 50.5 Å². The number of phosphoric acid groups is 1. The van der Waals surface area contributed by atoms with Gasteiger partial charge in [0.2, 0.25) is 0 Å². The summed E-state index contributed by atoms with van der Waals surface area (Å²) in [4.78, 5) is 17.0. The molecule has 0 aliphatic carbocycles. The fraction of sp³-hybridized carbons (Fsp3) is 0.455. The van der Waals surface area contributed by atoms with Crippen molar-refractivity contribution in [1.82, 2.24) is 0 Å². The second-order valence-electron chi connectivity index (χ2n) is 4.18. The molecule has 0 aliphatic heterocycles. The lowest BCUT2D eigenvalue weighted by Crippen LogP contribution is -2.50. The van der Waals surface area contributed by atoms with Crippen LogP contribution in [0.5, 0.6) is 5.75 Å². The van der Waals surface area contributed by atoms with Gasteiger partial charge < -0.3 is 25.6 Å². The normalized spacial score (nSPS) is 11.6. The number of phosphoric ester groups is 1. The van der Waals surface area contributed by atoms with Crippen molar-refractivity contribution >= 4 is 7.82 Å². The van der Waals surface area contributed by atoms with Crippen LogP contribution < -0.4 is 10.3 Å². The molecule has 0 unspecified atom stereocenters. The van der Waals surface area contributed by atoms with E-state index in [0.717, 1.165) is 0 Å². The quantitative estimate of drug-likeness (QED) is 0.384. The summed E-state index contributed by atoms with van der Waals surface area (Å²) in [6, 6.07) is 6.64. The highest BCUT2D eigenvalue weighted by Gasteiger charge is 2.20. The zero-order chi connectivity index (χ0) is 15.8. The minimum absolute atomic E-state index is 0.214. The number of aliphatic hydroxyl groups is 3. The molecule has 116 valence electrons. The molecule has 0 heterocycles. The molecule has 0 aromatic heterocycles. The SMILES string of the molecule is Cc1ccccc1OP(=O)(O)O.NC(CO)(CO)CO. The Morgan fingerprint density at radius 3 is 1.90 bits per heavy atom. The maximum atomic E-state index is 10.4. The van der Waals surface area contributed by atoms with E-state index in [9.17, 15) is 4.57 Å². The maximum Gasteiger partial charge on any atom is 0.524 e. The van der Waals surface area contributed by atoms with Gasteiger partial charge in [0.05, 0.1) is 25.4 Å². The Balaban J connectivity index is 0.000000396. The van der Waals surface area contributed by atoms with Crippen LogP contribution >= 0.6 is 7.82 Å². The third kappa shape index (κ3) is 7.56. The van der Waals surface area contributed by atoms with Crippen molar-refractivity contribution in [2.24, 2.45) is 5.73 Å². The van der Waals surface area contributed by atoms with E-state index in [-0.39, 0.29) is 5.75 Å². The van der Waals surface area contributed by atoms with Crippen molar-refractivity contribution < 1.29 is 34.2 Å². The summed E-state index contributed by atoms with van der Waals surface area (Å²) < 4.78 is 14.8. The van der Waals surface area contributed by atoms with E-state index in [4.69, 9.17) is 30.8 Å². The van der Waals surface area contributed by atoms with Gasteiger partial charge in [0.15, 0.2) is 0 Å². The summed E-state index contributed by atoms with van der Waals surface area (Å²) in [5.41, 5.74) is 4.63. The average molecular weight is 309 g/mol. The van der Waals surface area contributed by atoms with Gasteiger partial charge in [-0.3, -0.25) is 9.79 Å². The van der Waals surface area contributed by atoms with Gasteiger partial charge in [-0.25, -0.2) is 4.57 Å². The van der Waals surface area contributed by atoms with E-state index in [2.05, 4.69) is 4.52 Å². The van der Waals surface area contributed by atoms with Crippen molar-refractivity contribution in [2.75, 3.05) is 19.8 Å². The largest absolute Gasteiger partial charge is 0.524 e. The number of aliphatic hydroxyl groups excluding tert-OH is 3. The Labute approximate surface area is 116 Å². The molecule has 7 N–H and O–H groups in total. The van der Waals surface area contributed by atoms with Gasteiger partial charge in [0.25, 0.3) is 0 Å². The van der Waals surface area contributed by atoms with Crippen molar-refractivity contribution in [3.8, 4) is 5.75 Å². The molecule has 1 rings (SSSR count). The first-order valence-corrected chi connectivity index (χ1v) is 7.12. The van der Waals surface area contributed by atoms with Crippen molar-refractivity contribution in [3.05, 3.63) is 29.8 Å². The molecule has 0 aliphatic rings. The van der Waals surface area contributed by atoms with Gasteiger partial charge in [0.1, 0.15) is 5.75 Å². The van der Waals surface area contributed by atoms with E-state index in [0.29, 0.717) is 5.56 Å². The van der Waals surface area contributed by atoms with Crippen LogP contribution in [0.15, 0.2) is 24.3 Å². The summed E-state index contributed by atoms with van der Waals surface area (Å²) >= 11 is 0. The molecule has 8 nitrogen and oxygen atoms in total. The molecule has 0 radical (unpaired) electrons. The molecule has 0 atom stereocenters. The number of rotatable bonds is 5. The molecule has 0 fully saturated rings. The van der Waals surface area contributed by atoms with Crippen LogP contribution in [0.3, 0.4) is 0 Å². The predicted molar refractivity (Wildman–Crippen MR) is 72.0 cm³/mol. The molecule has 1 aromatic carbocycles. The molecular formula is C11H20NO7P. The molecule has 0 saturated carbocycles. The maximum absolute atomic E-state index is 10.4. The van der Waals surface area contributed by atoms with Crippen molar-refractivity contribution in [1.29, 1.82) is 0 Å². The summed E-state index contributed by atoms with van der Waals surface area (Å²) in [6.07, 6.45) is 0. The van der Waals surface area contributed by atoms with E-state index >= 15 is 0 Å². The first-order chi connectivity index (χ1) is 9.17. The lowest BCUT2D eigenvalue weighted by molar-refractivity contribution is 0.0697. The van der Waals surface area contributed by atoms with Gasteiger partial charge in [-0.2, -0.15) is 0 Å². The number of hydrogen-bond acceptors (Lipinski definition) is 6. The highest BCUT2D eigenvalue weighted by atomic mass is 31.2. The molecule has 0 amide bonds. The Hall–Kier alpha value is -0.990. The Kier molecular flexibility index (Phi) is 7.92. The minimum Gasteiger partial charge on any atom is -0.404 e.